The highest BCUT2D eigenvalue weighted by Crippen LogP contribution is 2.39. The van der Waals surface area contributed by atoms with Crippen LogP contribution in [-0.4, -0.2) is 43.5 Å². The minimum Gasteiger partial charge on any atom is -0.370 e. The van der Waals surface area contributed by atoms with E-state index in [0.29, 0.717) is 12.5 Å². The minimum atomic E-state index is -2.97. The minimum absolute atomic E-state index is 0.104. The molecule has 0 bridgehead atoms. The van der Waals surface area contributed by atoms with Crippen LogP contribution in [0.25, 0.3) is 0 Å². The fourth-order valence-electron chi connectivity index (χ4n) is 2.00. The molecule has 1 aromatic heterocycles. The molecular weight excluding hydrogens is 288 g/mol. The summed E-state index contributed by atoms with van der Waals surface area (Å²) in [6.07, 6.45) is 4.54. The average Bonchev–Trinajstić information content (AvgIpc) is 3.22. The molecule has 0 atom stereocenters. The van der Waals surface area contributed by atoms with Crippen LogP contribution >= 0.6 is 0 Å². The van der Waals surface area contributed by atoms with Crippen molar-refractivity contribution in [3.8, 4) is 0 Å². The van der Waals surface area contributed by atoms with Crippen LogP contribution in [-0.2, 0) is 9.84 Å². The first-order chi connectivity index (χ1) is 9.90. The van der Waals surface area contributed by atoms with Gasteiger partial charge in [0.15, 0.2) is 0 Å². The number of nitrogens with zero attached hydrogens (tertiary/aromatic N) is 2. The second-order valence-corrected chi connectivity index (χ2v) is 7.92. The molecule has 2 N–H and O–H groups in total. The van der Waals surface area contributed by atoms with Crippen LogP contribution in [0.15, 0.2) is 0 Å². The van der Waals surface area contributed by atoms with Crippen LogP contribution in [0.3, 0.4) is 0 Å². The van der Waals surface area contributed by atoms with Gasteiger partial charge in [-0.1, -0.05) is 6.92 Å². The van der Waals surface area contributed by atoms with Crippen LogP contribution < -0.4 is 10.6 Å². The molecule has 1 aliphatic carbocycles. The summed E-state index contributed by atoms with van der Waals surface area (Å²) in [7, 11) is -2.97. The van der Waals surface area contributed by atoms with Crippen molar-refractivity contribution < 1.29 is 8.42 Å². The van der Waals surface area contributed by atoms with Crippen LogP contribution in [0.1, 0.15) is 43.5 Å². The van der Waals surface area contributed by atoms with E-state index in [1.165, 1.54) is 6.26 Å². The molecule has 2 rings (SSSR count). The third kappa shape index (κ3) is 4.84. The highest BCUT2D eigenvalue weighted by molar-refractivity contribution is 7.90. The maximum Gasteiger partial charge on any atom is 0.149 e. The van der Waals surface area contributed by atoms with Gasteiger partial charge in [-0.3, -0.25) is 0 Å². The van der Waals surface area contributed by atoms with E-state index < -0.39 is 9.84 Å². The molecule has 21 heavy (non-hydrogen) atoms. The van der Waals surface area contributed by atoms with Gasteiger partial charge < -0.3 is 10.6 Å². The first-order valence-corrected chi connectivity index (χ1v) is 9.50. The van der Waals surface area contributed by atoms with Gasteiger partial charge >= 0.3 is 0 Å². The van der Waals surface area contributed by atoms with Crippen LogP contribution in [0.5, 0.6) is 0 Å². The van der Waals surface area contributed by atoms with E-state index in [9.17, 15) is 8.42 Å². The van der Waals surface area contributed by atoms with Crippen molar-refractivity contribution in [2.75, 3.05) is 35.7 Å². The number of hydrogen-bond donors (Lipinski definition) is 2. The van der Waals surface area contributed by atoms with Gasteiger partial charge in [-0.05, 0) is 26.2 Å². The second-order valence-electron chi connectivity index (χ2n) is 5.66. The Bertz CT molecular complexity index is 597. The topological polar surface area (TPSA) is 84.0 Å². The molecule has 0 spiro atoms. The largest absolute Gasteiger partial charge is 0.370 e. The Balaban J connectivity index is 2.15. The summed E-state index contributed by atoms with van der Waals surface area (Å²) in [4.78, 5) is 9.17. The van der Waals surface area contributed by atoms with Gasteiger partial charge in [0, 0.05) is 30.8 Å². The Kier molecular flexibility index (Phi) is 5.03. The lowest BCUT2D eigenvalue weighted by Gasteiger charge is -2.14. The van der Waals surface area contributed by atoms with Crippen molar-refractivity contribution in [2.45, 2.75) is 39.0 Å². The van der Waals surface area contributed by atoms with Gasteiger partial charge in [0.2, 0.25) is 0 Å². The van der Waals surface area contributed by atoms with Gasteiger partial charge in [-0.25, -0.2) is 18.4 Å². The fourth-order valence-corrected chi connectivity index (χ4v) is 2.47. The third-order valence-corrected chi connectivity index (χ3v) is 4.36. The number of aromatic nitrogens is 2. The molecule has 0 unspecified atom stereocenters. The number of hydrogen-bond acceptors (Lipinski definition) is 6. The van der Waals surface area contributed by atoms with Gasteiger partial charge in [-0.2, -0.15) is 0 Å². The lowest BCUT2D eigenvalue weighted by molar-refractivity contribution is 0.602. The third-order valence-electron chi connectivity index (χ3n) is 3.41. The maximum absolute atomic E-state index is 11.2. The summed E-state index contributed by atoms with van der Waals surface area (Å²) >= 11 is 0. The molecule has 1 saturated carbocycles. The van der Waals surface area contributed by atoms with E-state index in [4.69, 9.17) is 0 Å². The maximum atomic E-state index is 11.2. The molecule has 0 aromatic carbocycles. The SMILES string of the molecule is CCCNc1nc(C2CC2)nc(NCCS(C)(=O)=O)c1C. The van der Waals surface area contributed by atoms with Crippen molar-refractivity contribution >= 4 is 21.5 Å². The summed E-state index contributed by atoms with van der Waals surface area (Å²) in [6, 6.07) is 0. The van der Waals surface area contributed by atoms with E-state index in [2.05, 4.69) is 27.5 Å². The number of rotatable bonds is 8. The van der Waals surface area contributed by atoms with E-state index in [1.54, 1.807) is 0 Å². The molecule has 1 aliphatic rings. The highest BCUT2D eigenvalue weighted by atomic mass is 32.2. The highest BCUT2D eigenvalue weighted by Gasteiger charge is 2.28. The zero-order chi connectivity index (χ0) is 15.5. The molecule has 1 fully saturated rings. The van der Waals surface area contributed by atoms with E-state index in [-0.39, 0.29) is 5.75 Å². The lowest BCUT2D eigenvalue weighted by atomic mass is 10.2. The van der Waals surface area contributed by atoms with Crippen LogP contribution in [0, 0.1) is 6.92 Å². The average molecular weight is 312 g/mol. The number of sulfone groups is 1. The fraction of sp³-hybridized carbons (Fsp3) is 0.714. The molecule has 0 saturated heterocycles. The smallest absolute Gasteiger partial charge is 0.149 e. The Morgan fingerprint density at radius 1 is 1.14 bits per heavy atom. The van der Waals surface area contributed by atoms with Crippen LogP contribution in [0.2, 0.25) is 0 Å². The number of anilines is 2. The Hall–Kier alpha value is -1.37. The lowest BCUT2D eigenvalue weighted by Crippen LogP contribution is -2.17. The molecule has 118 valence electrons. The van der Waals surface area contributed by atoms with Gasteiger partial charge in [0.05, 0.1) is 5.75 Å². The summed E-state index contributed by atoms with van der Waals surface area (Å²) in [5.41, 5.74) is 0.946. The molecule has 0 amide bonds. The second kappa shape index (κ2) is 6.60. The number of nitrogens with one attached hydrogen (secondary N) is 2. The predicted molar refractivity (Wildman–Crippen MR) is 85.7 cm³/mol. The van der Waals surface area contributed by atoms with E-state index in [1.807, 2.05) is 6.92 Å². The predicted octanol–water partition coefficient (Wildman–Crippen LogP) is 1.94. The quantitative estimate of drug-likeness (QED) is 0.763. The first kappa shape index (κ1) is 16.0. The van der Waals surface area contributed by atoms with Gasteiger partial charge in [0.1, 0.15) is 27.3 Å². The Morgan fingerprint density at radius 3 is 2.19 bits per heavy atom. The summed E-state index contributed by atoms with van der Waals surface area (Å²) < 4.78 is 22.4. The van der Waals surface area contributed by atoms with Crippen LogP contribution in [0.4, 0.5) is 11.6 Å². The van der Waals surface area contributed by atoms with Gasteiger partial charge in [0.25, 0.3) is 0 Å². The monoisotopic (exact) mass is 312 g/mol. The summed E-state index contributed by atoms with van der Waals surface area (Å²) in [5, 5.41) is 6.46. The first-order valence-electron chi connectivity index (χ1n) is 7.44. The van der Waals surface area contributed by atoms with E-state index in [0.717, 1.165) is 48.8 Å². The van der Waals surface area contributed by atoms with Gasteiger partial charge in [-0.15, -0.1) is 0 Å². The molecule has 0 radical (unpaired) electrons. The molecule has 1 aromatic rings. The van der Waals surface area contributed by atoms with Crippen molar-refractivity contribution in [1.29, 1.82) is 0 Å². The molecule has 6 nitrogen and oxygen atoms in total. The zero-order valence-electron chi connectivity index (χ0n) is 12.9. The van der Waals surface area contributed by atoms with Crippen molar-refractivity contribution in [2.24, 2.45) is 0 Å². The standard InChI is InChI=1S/C14H24N4O2S/c1-4-7-15-12-10(2)13(16-8-9-21(3,19)20)18-14(17-12)11-5-6-11/h11H,4-9H2,1-3H3,(H2,15,16,17,18). The normalized spacial score (nSPS) is 15.0. The molecule has 0 aliphatic heterocycles. The van der Waals surface area contributed by atoms with E-state index >= 15 is 0 Å². The van der Waals surface area contributed by atoms with Crippen molar-refractivity contribution in [3.63, 3.8) is 0 Å². The van der Waals surface area contributed by atoms with Crippen molar-refractivity contribution in [1.82, 2.24) is 9.97 Å². The van der Waals surface area contributed by atoms with Crippen molar-refractivity contribution in [3.05, 3.63) is 11.4 Å². The summed E-state index contributed by atoms with van der Waals surface area (Å²) in [5.74, 6) is 3.03. The molecule has 7 heteroatoms. The zero-order valence-corrected chi connectivity index (χ0v) is 13.8. The Morgan fingerprint density at radius 2 is 1.71 bits per heavy atom. The molecular formula is C14H24N4O2S. The Labute approximate surface area is 126 Å². The summed E-state index contributed by atoms with van der Waals surface area (Å²) in [6.45, 7) is 5.30. The molecule has 1 heterocycles.